The van der Waals surface area contributed by atoms with Gasteiger partial charge in [0, 0.05) is 32.0 Å². The maximum Gasteiger partial charge on any atom is 0.224 e. The molecule has 0 bridgehead atoms. The van der Waals surface area contributed by atoms with Crippen molar-refractivity contribution in [1.29, 1.82) is 0 Å². The predicted octanol–water partition coefficient (Wildman–Crippen LogP) is 2.23. The molecular formula is C21H30N6O. The van der Waals surface area contributed by atoms with E-state index in [0.717, 1.165) is 56.6 Å². The Balaban J connectivity index is 1.27. The van der Waals surface area contributed by atoms with Crippen LogP contribution in [-0.2, 0) is 4.79 Å². The Bertz CT molecular complexity index is 791. The molecule has 0 aromatic carbocycles. The van der Waals surface area contributed by atoms with E-state index < -0.39 is 0 Å². The maximum absolute atomic E-state index is 12.6. The number of carbonyl (C=O) groups is 1. The first-order chi connectivity index (χ1) is 13.8. The Morgan fingerprint density at radius 1 is 1.07 bits per heavy atom. The summed E-state index contributed by atoms with van der Waals surface area (Å²) >= 11 is 0. The fraction of sp³-hybridized carbons (Fsp3) is 0.619. The van der Waals surface area contributed by atoms with Gasteiger partial charge in [-0.05, 0) is 57.8 Å². The molecule has 2 aliphatic heterocycles. The van der Waals surface area contributed by atoms with E-state index in [0.29, 0.717) is 5.65 Å². The van der Waals surface area contributed by atoms with E-state index >= 15 is 0 Å². The number of hydrogen-bond acceptors (Lipinski definition) is 6. The van der Waals surface area contributed by atoms with Crippen LogP contribution in [0.2, 0.25) is 0 Å². The predicted molar refractivity (Wildman–Crippen MR) is 110 cm³/mol. The summed E-state index contributed by atoms with van der Waals surface area (Å²) in [5, 5.41) is 3.16. The number of hydrogen-bond donors (Lipinski definition) is 1. The summed E-state index contributed by atoms with van der Waals surface area (Å²) < 4.78 is 0. The van der Waals surface area contributed by atoms with E-state index in [1.165, 1.54) is 32.4 Å². The van der Waals surface area contributed by atoms with Gasteiger partial charge in [0.15, 0.2) is 5.65 Å². The SMILES string of the molecule is O=C(NCCCN1CCCCC1)C1CCCN(c2cnc3nccnc3c2)C1. The van der Waals surface area contributed by atoms with Gasteiger partial charge >= 0.3 is 0 Å². The number of nitrogens with zero attached hydrogens (tertiary/aromatic N) is 5. The molecule has 4 heterocycles. The molecule has 2 aromatic heterocycles. The fourth-order valence-electron chi connectivity index (χ4n) is 4.29. The van der Waals surface area contributed by atoms with Crippen molar-refractivity contribution in [2.45, 2.75) is 38.5 Å². The number of nitrogens with one attached hydrogen (secondary N) is 1. The average molecular weight is 383 g/mol. The maximum atomic E-state index is 12.6. The first kappa shape index (κ1) is 19.1. The number of anilines is 1. The van der Waals surface area contributed by atoms with Gasteiger partial charge in [0.2, 0.25) is 5.91 Å². The molecule has 0 saturated carbocycles. The number of piperidine rings is 2. The lowest BCUT2D eigenvalue weighted by Gasteiger charge is -2.33. The normalized spacial score (nSPS) is 21.0. The van der Waals surface area contributed by atoms with Crippen molar-refractivity contribution in [1.82, 2.24) is 25.2 Å². The summed E-state index contributed by atoms with van der Waals surface area (Å²) in [5.74, 6) is 0.234. The van der Waals surface area contributed by atoms with Gasteiger partial charge in [-0.1, -0.05) is 6.42 Å². The van der Waals surface area contributed by atoms with Gasteiger partial charge in [0.05, 0.1) is 17.8 Å². The number of aromatic nitrogens is 3. The average Bonchev–Trinajstić information content (AvgIpc) is 2.77. The molecular weight excluding hydrogens is 352 g/mol. The third-order valence-electron chi connectivity index (χ3n) is 5.87. The lowest BCUT2D eigenvalue weighted by atomic mass is 9.96. The second-order valence-corrected chi connectivity index (χ2v) is 7.92. The van der Waals surface area contributed by atoms with Crippen molar-refractivity contribution in [3.8, 4) is 0 Å². The zero-order valence-electron chi connectivity index (χ0n) is 16.5. The van der Waals surface area contributed by atoms with Gasteiger partial charge in [-0.25, -0.2) is 9.97 Å². The Morgan fingerprint density at radius 2 is 1.93 bits per heavy atom. The summed E-state index contributed by atoms with van der Waals surface area (Å²) in [6.45, 7) is 6.00. The van der Waals surface area contributed by atoms with Gasteiger partial charge in [-0.3, -0.25) is 9.78 Å². The molecule has 1 amide bonds. The molecule has 1 N–H and O–H groups in total. The van der Waals surface area contributed by atoms with Crippen LogP contribution in [0.25, 0.3) is 11.2 Å². The Morgan fingerprint density at radius 3 is 2.82 bits per heavy atom. The van der Waals surface area contributed by atoms with E-state index in [4.69, 9.17) is 0 Å². The molecule has 0 radical (unpaired) electrons. The fourth-order valence-corrected chi connectivity index (χ4v) is 4.29. The number of likely N-dealkylation sites (tertiary alicyclic amines) is 1. The van der Waals surface area contributed by atoms with Crippen molar-refractivity contribution >= 4 is 22.8 Å². The lowest BCUT2D eigenvalue weighted by molar-refractivity contribution is -0.125. The third-order valence-corrected chi connectivity index (χ3v) is 5.87. The minimum absolute atomic E-state index is 0.0429. The molecule has 7 nitrogen and oxygen atoms in total. The van der Waals surface area contributed by atoms with Gasteiger partial charge < -0.3 is 15.1 Å². The molecule has 4 rings (SSSR count). The largest absolute Gasteiger partial charge is 0.369 e. The van der Waals surface area contributed by atoms with Crippen LogP contribution >= 0.6 is 0 Å². The second kappa shape index (κ2) is 9.28. The van der Waals surface area contributed by atoms with Crippen molar-refractivity contribution in [3.63, 3.8) is 0 Å². The van der Waals surface area contributed by atoms with Crippen LogP contribution in [0.1, 0.15) is 38.5 Å². The van der Waals surface area contributed by atoms with Crippen LogP contribution in [0.4, 0.5) is 5.69 Å². The minimum Gasteiger partial charge on any atom is -0.369 e. The molecule has 2 aromatic rings. The van der Waals surface area contributed by atoms with Gasteiger partial charge in [-0.15, -0.1) is 0 Å². The molecule has 0 spiro atoms. The lowest BCUT2D eigenvalue weighted by Crippen LogP contribution is -2.43. The Kier molecular flexibility index (Phi) is 6.31. The zero-order valence-corrected chi connectivity index (χ0v) is 16.5. The van der Waals surface area contributed by atoms with Gasteiger partial charge in [-0.2, -0.15) is 0 Å². The van der Waals surface area contributed by atoms with Crippen LogP contribution in [0.5, 0.6) is 0 Å². The van der Waals surface area contributed by atoms with E-state index in [1.807, 2.05) is 12.3 Å². The summed E-state index contributed by atoms with van der Waals surface area (Å²) in [6, 6.07) is 2.02. The van der Waals surface area contributed by atoms with Crippen LogP contribution < -0.4 is 10.2 Å². The number of amides is 1. The highest BCUT2D eigenvalue weighted by Gasteiger charge is 2.26. The van der Waals surface area contributed by atoms with Crippen molar-refractivity contribution in [2.75, 3.05) is 44.2 Å². The monoisotopic (exact) mass is 382 g/mol. The van der Waals surface area contributed by atoms with E-state index in [-0.39, 0.29) is 11.8 Å². The molecule has 7 heteroatoms. The zero-order chi connectivity index (χ0) is 19.2. The van der Waals surface area contributed by atoms with Crippen molar-refractivity contribution in [3.05, 3.63) is 24.7 Å². The number of fused-ring (bicyclic) bond motifs is 1. The molecule has 2 aliphatic rings. The summed E-state index contributed by atoms with van der Waals surface area (Å²) in [7, 11) is 0. The van der Waals surface area contributed by atoms with Crippen molar-refractivity contribution in [2.24, 2.45) is 5.92 Å². The first-order valence-electron chi connectivity index (χ1n) is 10.6. The van der Waals surface area contributed by atoms with Crippen LogP contribution in [-0.4, -0.2) is 65.0 Å². The molecule has 2 fully saturated rings. The van der Waals surface area contributed by atoms with Gasteiger partial charge in [0.1, 0.15) is 5.52 Å². The highest BCUT2D eigenvalue weighted by molar-refractivity contribution is 5.80. The molecule has 150 valence electrons. The van der Waals surface area contributed by atoms with Gasteiger partial charge in [0.25, 0.3) is 0 Å². The molecule has 2 saturated heterocycles. The topological polar surface area (TPSA) is 74.2 Å². The number of rotatable bonds is 6. The summed E-state index contributed by atoms with van der Waals surface area (Å²) in [4.78, 5) is 30.4. The van der Waals surface area contributed by atoms with Crippen LogP contribution in [0.3, 0.4) is 0 Å². The third kappa shape index (κ3) is 4.76. The van der Waals surface area contributed by atoms with E-state index in [9.17, 15) is 4.79 Å². The van der Waals surface area contributed by atoms with E-state index in [2.05, 4.69) is 30.1 Å². The number of pyridine rings is 1. The van der Waals surface area contributed by atoms with Crippen molar-refractivity contribution < 1.29 is 4.79 Å². The standard InChI is InChI=1S/C21H30N6O/c28-21(24-7-5-12-26-10-2-1-3-11-26)17-6-4-13-27(16-17)18-14-19-20(25-15-18)23-9-8-22-19/h8-9,14-15,17H,1-7,10-13,16H2,(H,24,28). The highest BCUT2D eigenvalue weighted by atomic mass is 16.1. The first-order valence-corrected chi connectivity index (χ1v) is 10.6. The Hall–Kier alpha value is -2.28. The Labute approximate surface area is 166 Å². The summed E-state index contributed by atoms with van der Waals surface area (Å²) in [5.41, 5.74) is 2.48. The second-order valence-electron chi connectivity index (χ2n) is 7.92. The van der Waals surface area contributed by atoms with Crippen LogP contribution in [0.15, 0.2) is 24.7 Å². The van der Waals surface area contributed by atoms with Crippen LogP contribution in [0, 0.1) is 5.92 Å². The molecule has 1 atom stereocenters. The molecule has 28 heavy (non-hydrogen) atoms. The quantitative estimate of drug-likeness (QED) is 0.773. The minimum atomic E-state index is 0.0429. The number of carbonyl (C=O) groups excluding carboxylic acids is 1. The summed E-state index contributed by atoms with van der Waals surface area (Å²) in [6.07, 6.45) is 12.2. The highest BCUT2D eigenvalue weighted by Crippen LogP contribution is 2.24. The molecule has 0 aliphatic carbocycles. The van der Waals surface area contributed by atoms with E-state index in [1.54, 1.807) is 12.4 Å². The molecule has 1 unspecified atom stereocenters. The smallest absolute Gasteiger partial charge is 0.224 e.